The average Bonchev–Trinajstić information content (AvgIpc) is 3.14. The Labute approximate surface area is 152 Å². The number of rotatable bonds is 8. The Morgan fingerprint density at radius 3 is 2.80 bits per heavy atom. The van der Waals surface area contributed by atoms with Gasteiger partial charge in [-0.05, 0) is 30.4 Å². The topological polar surface area (TPSA) is 48.9 Å². The lowest BCUT2D eigenvalue weighted by Crippen LogP contribution is -2.42. The fourth-order valence-electron chi connectivity index (χ4n) is 3.32. The fraction of sp³-hybridized carbons (Fsp3) is 0.650. The lowest BCUT2D eigenvalue weighted by molar-refractivity contribution is 0.415. The molecule has 0 amide bonds. The zero-order valence-electron chi connectivity index (χ0n) is 16.2. The van der Waals surface area contributed by atoms with Crippen LogP contribution in [0.1, 0.15) is 33.1 Å². The van der Waals surface area contributed by atoms with Crippen LogP contribution in [-0.2, 0) is 0 Å². The highest BCUT2D eigenvalue weighted by atomic mass is 16.5. The minimum atomic E-state index is 0.637. The molecular formula is C20H34N4O. The van der Waals surface area contributed by atoms with E-state index < -0.39 is 0 Å². The fourth-order valence-corrected chi connectivity index (χ4v) is 3.32. The molecule has 25 heavy (non-hydrogen) atoms. The van der Waals surface area contributed by atoms with Crippen LogP contribution < -0.4 is 20.3 Å². The molecule has 1 aliphatic heterocycles. The number of nitrogens with one attached hydrogen (secondary N) is 2. The Balaban J connectivity index is 1.78. The summed E-state index contributed by atoms with van der Waals surface area (Å²) < 4.78 is 5.34. The van der Waals surface area contributed by atoms with E-state index in [4.69, 9.17) is 4.74 Å². The number of hydrogen-bond donors (Lipinski definition) is 2. The van der Waals surface area contributed by atoms with Gasteiger partial charge in [-0.3, -0.25) is 4.99 Å². The van der Waals surface area contributed by atoms with Gasteiger partial charge in [0, 0.05) is 45.0 Å². The van der Waals surface area contributed by atoms with Crippen molar-refractivity contribution in [2.75, 3.05) is 45.2 Å². The summed E-state index contributed by atoms with van der Waals surface area (Å²) in [6, 6.07) is 8.33. The summed E-state index contributed by atoms with van der Waals surface area (Å²) in [6.45, 7) is 8.62. The highest BCUT2D eigenvalue weighted by Gasteiger charge is 2.23. The summed E-state index contributed by atoms with van der Waals surface area (Å²) >= 11 is 0. The SMILES string of the molecule is CCC(CC)CNC(=NC)NCC1CCN(c2cccc(OC)c2)C1. The molecule has 1 fully saturated rings. The van der Waals surface area contributed by atoms with E-state index in [-0.39, 0.29) is 0 Å². The van der Waals surface area contributed by atoms with E-state index in [1.54, 1.807) is 7.11 Å². The maximum Gasteiger partial charge on any atom is 0.190 e. The van der Waals surface area contributed by atoms with E-state index in [9.17, 15) is 0 Å². The van der Waals surface area contributed by atoms with E-state index in [1.165, 1.54) is 24.9 Å². The molecule has 0 aromatic heterocycles. The highest BCUT2D eigenvalue weighted by molar-refractivity contribution is 5.79. The molecule has 1 aliphatic rings. The third-order valence-corrected chi connectivity index (χ3v) is 5.20. The first-order valence-corrected chi connectivity index (χ1v) is 9.53. The quantitative estimate of drug-likeness (QED) is 0.561. The van der Waals surface area contributed by atoms with Gasteiger partial charge in [0.15, 0.2) is 5.96 Å². The van der Waals surface area contributed by atoms with Crippen molar-refractivity contribution in [1.29, 1.82) is 0 Å². The van der Waals surface area contributed by atoms with Crippen LogP contribution in [0.5, 0.6) is 5.75 Å². The predicted octanol–water partition coefficient (Wildman–Crippen LogP) is 3.12. The van der Waals surface area contributed by atoms with E-state index in [2.05, 4.69) is 52.6 Å². The molecule has 0 aliphatic carbocycles. The molecule has 5 nitrogen and oxygen atoms in total. The Morgan fingerprint density at radius 2 is 2.12 bits per heavy atom. The molecular weight excluding hydrogens is 312 g/mol. The standard InChI is InChI=1S/C20H34N4O/c1-5-16(6-2)13-22-20(21-3)23-14-17-10-11-24(15-17)18-8-7-9-19(12-18)25-4/h7-9,12,16-17H,5-6,10-11,13-15H2,1-4H3,(H2,21,22,23). The van der Waals surface area contributed by atoms with Crippen molar-refractivity contribution in [2.24, 2.45) is 16.8 Å². The summed E-state index contributed by atoms with van der Waals surface area (Å²) in [5, 5.41) is 6.96. The van der Waals surface area contributed by atoms with Crippen molar-refractivity contribution in [2.45, 2.75) is 33.1 Å². The van der Waals surface area contributed by atoms with Crippen LogP contribution in [0.2, 0.25) is 0 Å². The predicted molar refractivity (Wildman–Crippen MR) is 107 cm³/mol. The molecule has 2 N–H and O–H groups in total. The Hall–Kier alpha value is -1.91. The molecule has 0 spiro atoms. The molecule has 1 saturated heterocycles. The largest absolute Gasteiger partial charge is 0.497 e. The molecule has 0 bridgehead atoms. The minimum absolute atomic E-state index is 0.637. The number of ether oxygens (including phenoxy) is 1. The van der Waals surface area contributed by atoms with Crippen LogP contribution in [0.15, 0.2) is 29.3 Å². The summed E-state index contributed by atoms with van der Waals surface area (Å²) in [5.74, 6) is 3.20. The first-order valence-electron chi connectivity index (χ1n) is 9.53. The van der Waals surface area contributed by atoms with Gasteiger partial charge in [-0.15, -0.1) is 0 Å². The van der Waals surface area contributed by atoms with E-state index >= 15 is 0 Å². The third-order valence-electron chi connectivity index (χ3n) is 5.20. The van der Waals surface area contributed by atoms with Crippen molar-refractivity contribution in [3.8, 4) is 5.75 Å². The van der Waals surface area contributed by atoms with Crippen molar-refractivity contribution in [3.63, 3.8) is 0 Å². The second kappa shape index (κ2) is 10.2. The van der Waals surface area contributed by atoms with Crippen LogP contribution in [0, 0.1) is 11.8 Å². The van der Waals surface area contributed by atoms with E-state index in [0.29, 0.717) is 11.8 Å². The molecule has 0 saturated carbocycles. The zero-order chi connectivity index (χ0) is 18.1. The van der Waals surface area contributed by atoms with Gasteiger partial charge >= 0.3 is 0 Å². The van der Waals surface area contributed by atoms with Crippen LogP contribution in [0.25, 0.3) is 0 Å². The van der Waals surface area contributed by atoms with Crippen molar-refractivity contribution >= 4 is 11.6 Å². The lowest BCUT2D eigenvalue weighted by Gasteiger charge is -2.20. The Kier molecular flexibility index (Phi) is 7.89. The molecule has 5 heteroatoms. The molecule has 1 atom stereocenters. The number of nitrogens with zero attached hydrogens (tertiary/aromatic N) is 2. The molecule has 0 radical (unpaired) electrons. The molecule has 2 rings (SSSR count). The number of anilines is 1. The smallest absolute Gasteiger partial charge is 0.190 e. The van der Waals surface area contributed by atoms with Crippen molar-refractivity contribution in [1.82, 2.24) is 10.6 Å². The molecule has 1 aromatic carbocycles. The van der Waals surface area contributed by atoms with Gasteiger partial charge in [-0.25, -0.2) is 0 Å². The van der Waals surface area contributed by atoms with E-state index in [0.717, 1.165) is 37.9 Å². The Morgan fingerprint density at radius 1 is 1.32 bits per heavy atom. The van der Waals surface area contributed by atoms with Crippen LogP contribution in [0.3, 0.4) is 0 Å². The number of hydrogen-bond acceptors (Lipinski definition) is 3. The van der Waals surface area contributed by atoms with Gasteiger partial charge < -0.3 is 20.3 Å². The van der Waals surface area contributed by atoms with Gasteiger partial charge in [0.05, 0.1) is 7.11 Å². The average molecular weight is 347 g/mol. The highest BCUT2D eigenvalue weighted by Crippen LogP contribution is 2.26. The van der Waals surface area contributed by atoms with Gasteiger partial charge in [0.1, 0.15) is 5.75 Å². The van der Waals surface area contributed by atoms with Gasteiger partial charge in [-0.2, -0.15) is 0 Å². The lowest BCUT2D eigenvalue weighted by atomic mass is 10.0. The summed E-state index contributed by atoms with van der Waals surface area (Å²) in [7, 11) is 3.56. The summed E-state index contributed by atoms with van der Waals surface area (Å²) in [6.07, 6.45) is 3.62. The maximum atomic E-state index is 5.34. The molecule has 1 heterocycles. The number of aliphatic imine (C=N–C) groups is 1. The summed E-state index contributed by atoms with van der Waals surface area (Å²) in [4.78, 5) is 6.79. The van der Waals surface area contributed by atoms with Crippen LogP contribution in [-0.4, -0.2) is 46.3 Å². The first kappa shape index (κ1) is 19.4. The number of guanidine groups is 1. The second-order valence-electron chi connectivity index (χ2n) is 6.82. The third kappa shape index (κ3) is 5.83. The van der Waals surface area contributed by atoms with Crippen LogP contribution in [0.4, 0.5) is 5.69 Å². The first-order chi connectivity index (χ1) is 12.2. The Bertz CT molecular complexity index is 542. The van der Waals surface area contributed by atoms with Gasteiger partial charge in [0.2, 0.25) is 0 Å². The minimum Gasteiger partial charge on any atom is -0.497 e. The normalized spacial score (nSPS) is 17.9. The molecule has 1 unspecified atom stereocenters. The number of benzene rings is 1. The molecule has 1 aromatic rings. The maximum absolute atomic E-state index is 5.34. The van der Waals surface area contributed by atoms with E-state index in [1.807, 2.05) is 13.1 Å². The van der Waals surface area contributed by atoms with Crippen LogP contribution >= 0.6 is 0 Å². The van der Waals surface area contributed by atoms with Gasteiger partial charge in [-0.1, -0.05) is 32.8 Å². The molecule has 140 valence electrons. The van der Waals surface area contributed by atoms with Crippen molar-refractivity contribution in [3.05, 3.63) is 24.3 Å². The zero-order valence-corrected chi connectivity index (χ0v) is 16.2. The van der Waals surface area contributed by atoms with Gasteiger partial charge in [0.25, 0.3) is 0 Å². The second-order valence-corrected chi connectivity index (χ2v) is 6.82. The van der Waals surface area contributed by atoms with Crippen molar-refractivity contribution < 1.29 is 4.74 Å². The number of methoxy groups -OCH3 is 1. The monoisotopic (exact) mass is 346 g/mol. The summed E-state index contributed by atoms with van der Waals surface area (Å²) in [5.41, 5.74) is 1.25.